The minimum absolute atomic E-state index is 0.238. The maximum Gasteiger partial charge on any atom is 0.187 e. The summed E-state index contributed by atoms with van der Waals surface area (Å²) in [5.41, 5.74) is 4.50. The van der Waals surface area contributed by atoms with Gasteiger partial charge in [0.15, 0.2) is 5.11 Å². The van der Waals surface area contributed by atoms with Gasteiger partial charge in [0, 0.05) is 24.8 Å². The van der Waals surface area contributed by atoms with Crippen molar-refractivity contribution in [3.63, 3.8) is 0 Å². The Balaban J connectivity index is 1.92. The molecule has 2 rings (SSSR count). The Hall–Kier alpha value is -1.86. The van der Waals surface area contributed by atoms with Crippen LogP contribution in [0.3, 0.4) is 0 Å². The average molecular weight is 337 g/mol. The Morgan fingerprint density at radius 2 is 2.22 bits per heavy atom. The monoisotopic (exact) mass is 337 g/mol. The standard InChI is InChI=1S/C16H23N3O3S/c1-11(14-7-6-12(20-2)9-15(14)21-3)18-19-16(23)17-10-13-5-4-8-22-13/h6-7,9,13H,4-5,8,10H2,1-3H3,(H2,17,19,23)/b18-11-/t13-/m0/s1. The van der Waals surface area contributed by atoms with Crippen LogP contribution in [-0.4, -0.2) is 44.3 Å². The predicted molar refractivity (Wildman–Crippen MR) is 94.5 cm³/mol. The van der Waals surface area contributed by atoms with E-state index in [0.29, 0.717) is 17.4 Å². The molecule has 126 valence electrons. The highest BCUT2D eigenvalue weighted by molar-refractivity contribution is 7.80. The summed E-state index contributed by atoms with van der Waals surface area (Å²) in [5, 5.41) is 7.90. The molecule has 6 nitrogen and oxygen atoms in total. The predicted octanol–water partition coefficient (Wildman–Crippen LogP) is 2.07. The Kier molecular flexibility index (Phi) is 6.61. The lowest BCUT2D eigenvalue weighted by atomic mass is 10.1. The molecule has 23 heavy (non-hydrogen) atoms. The maximum atomic E-state index is 5.54. The second-order valence-corrected chi connectivity index (χ2v) is 5.63. The fourth-order valence-corrected chi connectivity index (χ4v) is 2.47. The van der Waals surface area contributed by atoms with Crippen LogP contribution in [0.2, 0.25) is 0 Å². The normalized spacial score (nSPS) is 17.7. The molecule has 7 heteroatoms. The summed E-state index contributed by atoms with van der Waals surface area (Å²) in [4.78, 5) is 0. The van der Waals surface area contributed by atoms with E-state index in [-0.39, 0.29) is 6.10 Å². The van der Waals surface area contributed by atoms with Gasteiger partial charge in [-0.3, -0.25) is 5.43 Å². The van der Waals surface area contributed by atoms with Gasteiger partial charge in [0.25, 0.3) is 0 Å². The average Bonchev–Trinajstić information content (AvgIpc) is 3.10. The third-order valence-electron chi connectivity index (χ3n) is 3.64. The molecule has 1 aliphatic rings. The molecule has 0 aliphatic carbocycles. The fraction of sp³-hybridized carbons (Fsp3) is 0.500. The number of methoxy groups -OCH3 is 2. The molecule has 0 spiro atoms. The number of rotatable bonds is 6. The van der Waals surface area contributed by atoms with E-state index in [1.54, 1.807) is 14.2 Å². The van der Waals surface area contributed by atoms with Crippen molar-refractivity contribution < 1.29 is 14.2 Å². The molecule has 0 unspecified atom stereocenters. The first kappa shape index (κ1) is 17.5. The van der Waals surface area contributed by atoms with Crippen molar-refractivity contribution in [2.75, 3.05) is 27.4 Å². The number of nitrogens with zero attached hydrogens (tertiary/aromatic N) is 1. The van der Waals surface area contributed by atoms with Crippen LogP contribution in [0.15, 0.2) is 23.3 Å². The SMILES string of the molecule is COc1ccc(/C(C)=N\NC(=S)NC[C@@H]2CCCO2)c(OC)c1. The molecule has 1 aliphatic heterocycles. The van der Waals surface area contributed by atoms with Crippen molar-refractivity contribution in [3.05, 3.63) is 23.8 Å². The molecule has 2 N–H and O–H groups in total. The minimum Gasteiger partial charge on any atom is -0.497 e. The van der Waals surface area contributed by atoms with Gasteiger partial charge in [-0.25, -0.2) is 0 Å². The zero-order valence-corrected chi connectivity index (χ0v) is 14.5. The summed E-state index contributed by atoms with van der Waals surface area (Å²) in [6.45, 7) is 3.42. The number of hydrazone groups is 1. The van der Waals surface area contributed by atoms with Crippen molar-refractivity contribution >= 4 is 23.0 Å². The van der Waals surface area contributed by atoms with Gasteiger partial charge >= 0.3 is 0 Å². The number of thiocarbonyl (C=S) groups is 1. The second-order valence-electron chi connectivity index (χ2n) is 5.22. The molecule has 0 radical (unpaired) electrons. The molecule has 1 atom stereocenters. The van der Waals surface area contributed by atoms with Crippen LogP contribution in [0.5, 0.6) is 11.5 Å². The molecular formula is C16H23N3O3S. The van der Waals surface area contributed by atoms with Crippen LogP contribution in [-0.2, 0) is 4.74 Å². The van der Waals surface area contributed by atoms with Gasteiger partial charge in [0.1, 0.15) is 11.5 Å². The molecule has 1 fully saturated rings. The topological polar surface area (TPSA) is 64.1 Å². The number of nitrogens with one attached hydrogen (secondary N) is 2. The lowest BCUT2D eigenvalue weighted by Crippen LogP contribution is -2.37. The van der Waals surface area contributed by atoms with Gasteiger partial charge in [-0.2, -0.15) is 5.10 Å². The lowest BCUT2D eigenvalue weighted by Gasteiger charge is -2.13. The van der Waals surface area contributed by atoms with E-state index in [0.717, 1.165) is 36.5 Å². The third kappa shape index (κ3) is 5.07. The van der Waals surface area contributed by atoms with E-state index in [9.17, 15) is 0 Å². The van der Waals surface area contributed by atoms with E-state index < -0.39 is 0 Å². The van der Waals surface area contributed by atoms with Crippen molar-refractivity contribution in [2.24, 2.45) is 5.10 Å². The van der Waals surface area contributed by atoms with Gasteiger partial charge in [-0.1, -0.05) is 0 Å². The van der Waals surface area contributed by atoms with E-state index in [1.807, 2.05) is 25.1 Å². The second kappa shape index (κ2) is 8.69. The van der Waals surface area contributed by atoms with E-state index >= 15 is 0 Å². The van der Waals surface area contributed by atoms with Crippen LogP contribution in [0.25, 0.3) is 0 Å². The van der Waals surface area contributed by atoms with Gasteiger partial charge in [-0.05, 0) is 44.1 Å². The molecule has 0 bridgehead atoms. The Bertz CT molecular complexity index is 572. The first-order valence-electron chi connectivity index (χ1n) is 7.56. The lowest BCUT2D eigenvalue weighted by molar-refractivity contribution is 0.114. The van der Waals surface area contributed by atoms with Crippen molar-refractivity contribution in [1.29, 1.82) is 0 Å². The zero-order chi connectivity index (χ0) is 16.7. The van der Waals surface area contributed by atoms with Gasteiger partial charge in [-0.15, -0.1) is 0 Å². The summed E-state index contributed by atoms with van der Waals surface area (Å²) in [6, 6.07) is 5.59. The quantitative estimate of drug-likeness (QED) is 0.471. The summed E-state index contributed by atoms with van der Waals surface area (Å²) < 4.78 is 16.1. The molecule has 0 aromatic heterocycles. The van der Waals surface area contributed by atoms with Gasteiger partial charge < -0.3 is 19.5 Å². The van der Waals surface area contributed by atoms with Gasteiger partial charge in [0.05, 0.1) is 26.0 Å². The minimum atomic E-state index is 0.238. The van der Waals surface area contributed by atoms with Crippen LogP contribution in [0.1, 0.15) is 25.3 Å². The smallest absolute Gasteiger partial charge is 0.187 e. The highest BCUT2D eigenvalue weighted by Crippen LogP contribution is 2.25. The van der Waals surface area contributed by atoms with Crippen molar-refractivity contribution in [1.82, 2.24) is 10.7 Å². The van der Waals surface area contributed by atoms with Crippen LogP contribution in [0, 0.1) is 0 Å². The largest absolute Gasteiger partial charge is 0.497 e. The van der Waals surface area contributed by atoms with E-state index in [4.69, 9.17) is 26.4 Å². The van der Waals surface area contributed by atoms with E-state index in [1.165, 1.54) is 0 Å². The first-order valence-corrected chi connectivity index (χ1v) is 7.97. The number of hydrogen-bond donors (Lipinski definition) is 2. The highest BCUT2D eigenvalue weighted by Gasteiger charge is 2.15. The summed E-state index contributed by atoms with van der Waals surface area (Å²) in [7, 11) is 3.24. The number of ether oxygens (including phenoxy) is 3. The van der Waals surface area contributed by atoms with E-state index in [2.05, 4.69) is 15.8 Å². The van der Waals surface area contributed by atoms with Crippen LogP contribution >= 0.6 is 12.2 Å². The Morgan fingerprint density at radius 1 is 1.39 bits per heavy atom. The molecule has 1 aromatic carbocycles. The van der Waals surface area contributed by atoms with Crippen LogP contribution in [0.4, 0.5) is 0 Å². The van der Waals surface area contributed by atoms with Crippen molar-refractivity contribution in [3.8, 4) is 11.5 Å². The number of hydrogen-bond acceptors (Lipinski definition) is 5. The maximum absolute atomic E-state index is 5.54. The molecular weight excluding hydrogens is 314 g/mol. The Labute approximate surface area is 142 Å². The fourth-order valence-electron chi connectivity index (χ4n) is 2.34. The molecule has 1 heterocycles. The highest BCUT2D eigenvalue weighted by atomic mass is 32.1. The van der Waals surface area contributed by atoms with Crippen LogP contribution < -0.4 is 20.2 Å². The van der Waals surface area contributed by atoms with Gasteiger partial charge in [0.2, 0.25) is 0 Å². The summed E-state index contributed by atoms with van der Waals surface area (Å²) in [5.74, 6) is 1.44. The first-order chi connectivity index (χ1) is 11.1. The Morgan fingerprint density at radius 3 is 2.87 bits per heavy atom. The molecule has 1 saturated heterocycles. The van der Waals surface area contributed by atoms with Crippen molar-refractivity contribution in [2.45, 2.75) is 25.9 Å². The molecule has 1 aromatic rings. The third-order valence-corrected chi connectivity index (χ3v) is 3.87. The molecule has 0 saturated carbocycles. The molecule has 0 amide bonds. The summed E-state index contributed by atoms with van der Waals surface area (Å²) in [6.07, 6.45) is 2.42. The zero-order valence-electron chi connectivity index (χ0n) is 13.7. The number of benzene rings is 1. The summed E-state index contributed by atoms with van der Waals surface area (Å²) >= 11 is 5.22.